The van der Waals surface area contributed by atoms with E-state index in [4.69, 9.17) is 5.73 Å². The third-order valence-electron chi connectivity index (χ3n) is 1.61. The van der Waals surface area contributed by atoms with Gasteiger partial charge in [-0.3, -0.25) is 4.79 Å². The minimum Gasteiger partial charge on any atom is -0.340 e. The molecule has 0 spiro atoms. The van der Waals surface area contributed by atoms with Crippen LogP contribution in [0, 0.1) is 0 Å². The molecule has 1 rings (SSSR count). The Hall–Kier alpha value is -0.220. The Bertz CT molecular complexity index is 140. The molecule has 1 aliphatic rings. The topological polar surface area (TPSA) is 46.3 Å². The lowest BCUT2D eigenvalue weighted by atomic mass is 10.3. The van der Waals surface area contributed by atoms with E-state index in [0.29, 0.717) is 13.0 Å². The highest BCUT2D eigenvalue weighted by atomic mass is 32.1. The van der Waals surface area contributed by atoms with Crippen LogP contribution in [0.25, 0.3) is 0 Å². The summed E-state index contributed by atoms with van der Waals surface area (Å²) >= 11 is 4.03. The van der Waals surface area contributed by atoms with E-state index >= 15 is 0 Å². The van der Waals surface area contributed by atoms with Crippen LogP contribution in [-0.2, 0) is 4.79 Å². The van der Waals surface area contributed by atoms with Crippen molar-refractivity contribution in [3.8, 4) is 0 Å². The number of carbonyl (C=O) groups is 1. The van der Waals surface area contributed by atoms with E-state index < -0.39 is 0 Å². The lowest BCUT2D eigenvalue weighted by Gasteiger charge is -2.13. The molecule has 0 aromatic carbocycles. The Morgan fingerprint density at radius 2 is 2.50 bits per heavy atom. The summed E-state index contributed by atoms with van der Waals surface area (Å²) in [6.07, 6.45) is 0.508. The first-order valence-corrected chi connectivity index (χ1v) is 4.01. The number of hydrogen-bond acceptors (Lipinski definition) is 3. The molecule has 0 bridgehead atoms. The minimum absolute atomic E-state index is 0.0485. The average molecular weight is 160 g/mol. The van der Waals surface area contributed by atoms with Crippen molar-refractivity contribution < 1.29 is 4.79 Å². The fourth-order valence-corrected chi connectivity index (χ4v) is 1.38. The van der Waals surface area contributed by atoms with Crippen molar-refractivity contribution in [3.05, 3.63) is 0 Å². The molecule has 0 aromatic rings. The highest BCUT2D eigenvalue weighted by Gasteiger charge is 2.25. The zero-order valence-corrected chi connectivity index (χ0v) is 6.68. The Morgan fingerprint density at radius 1 is 1.80 bits per heavy atom. The fourth-order valence-electron chi connectivity index (χ4n) is 1.14. The normalized spacial score (nSPS) is 26.0. The number of likely N-dealkylation sites (tertiary alicyclic amines) is 1. The van der Waals surface area contributed by atoms with Crippen molar-refractivity contribution in [2.24, 2.45) is 5.73 Å². The van der Waals surface area contributed by atoms with Gasteiger partial charge in [0.25, 0.3) is 0 Å². The van der Waals surface area contributed by atoms with Crippen LogP contribution >= 0.6 is 12.6 Å². The van der Waals surface area contributed by atoms with Crippen LogP contribution < -0.4 is 5.73 Å². The number of thiol groups is 1. The molecular formula is C6H12N2OS. The predicted molar refractivity (Wildman–Crippen MR) is 43.0 cm³/mol. The highest BCUT2D eigenvalue weighted by Crippen LogP contribution is 2.07. The van der Waals surface area contributed by atoms with Crippen LogP contribution in [0.4, 0.5) is 0 Å². The highest BCUT2D eigenvalue weighted by molar-refractivity contribution is 7.80. The third kappa shape index (κ3) is 1.64. The first kappa shape index (κ1) is 7.88. The predicted octanol–water partition coefficient (Wildman–Crippen LogP) is -0.524. The summed E-state index contributed by atoms with van der Waals surface area (Å²) in [5, 5.41) is 0. The van der Waals surface area contributed by atoms with Gasteiger partial charge in [0.05, 0.1) is 0 Å². The zero-order chi connectivity index (χ0) is 7.56. The van der Waals surface area contributed by atoms with Crippen LogP contribution in [0.2, 0.25) is 0 Å². The molecule has 1 amide bonds. The summed E-state index contributed by atoms with van der Waals surface area (Å²) < 4.78 is 0. The van der Waals surface area contributed by atoms with Gasteiger partial charge in [0.2, 0.25) is 5.91 Å². The smallest absolute Gasteiger partial charge is 0.224 e. The monoisotopic (exact) mass is 160 g/mol. The van der Waals surface area contributed by atoms with Gasteiger partial charge in [-0.1, -0.05) is 0 Å². The van der Waals surface area contributed by atoms with Gasteiger partial charge in [-0.25, -0.2) is 0 Å². The lowest BCUT2D eigenvalue weighted by molar-refractivity contribution is -0.127. The van der Waals surface area contributed by atoms with Gasteiger partial charge < -0.3 is 10.6 Å². The molecule has 1 saturated heterocycles. The Balaban J connectivity index is 2.39. The van der Waals surface area contributed by atoms with Gasteiger partial charge in [-0.15, -0.1) is 0 Å². The molecule has 10 heavy (non-hydrogen) atoms. The van der Waals surface area contributed by atoms with Gasteiger partial charge in [-0.2, -0.15) is 12.6 Å². The van der Waals surface area contributed by atoms with Crippen molar-refractivity contribution in [2.75, 3.05) is 18.8 Å². The zero-order valence-electron chi connectivity index (χ0n) is 5.79. The summed E-state index contributed by atoms with van der Waals surface area (Å²) in [4.78, 5) is 12.7. The molecule has 4 heteroatoms. The van der Waals surface area contributed by atoms with Gasteiger partial charge in [0.1, 0.15) is 0 Å². The SMILES string of the molecule is NC1CC(=O)N(CCS)C1. The first-order valence-electron chi connectivity index (χ1n) is 3.38. The van der Waals surface area contributed by atoms with Crippen LogP contribution in [-0.4, -0.2) is 35.7 Å². The number of nitrogens with zero attached hydrogens (tertiary/aromatic N) is 1. The van der Waals surface area contributed by atoms with Crippen LogP contribution in [0.3, 0.4) is 0 Å². The van der Waals surface area contributed by atoms with Gasteiger partial charge in [0.15, 0.2) is 0 Å². The van der Waals surface area contributed by atoms with E-state index in [1.807, 2.05) is 0 Å². The molecule has 1 unspecified atom stereocenters. The second-order valence-corrected chi connectivity index (χ2v) is 2.97. The number of hydrogen-bond donors (Lipinski definition) is 2. The maximum Gasteiger partial charge on any atom is 0.224 e. The molecule has 1 fully saturated rings. The summed E-state index contributed by atoms with van der Waals surface area (Å²) in [6.45, 7) is 1.44. The van der Waals surface area contributed by atoms with E-state index in [2.05, 4.69) is 12.6 Å². The Morgan fingerprint density at radius 3 is 2.90 bits per heavy atom. The molecule has 3 nitrogen and oxygen atoms in total. The molecule has 0 radical (unpaired) electrons. The summed E-state index contributed by atoms with van der Waals surface area (Å²) in [7, 11) is 0. The Kier molecular flexibility index (Phi) is 2.56. The van der Waals surface area contributed by atoms with Gasteiger partial charge in [0, 0.05) is 31.3 Å². The molecule has 1 aliphatic heterocycles. The standard InChI is InChI=1S/C6H12N2OS/c7-5-3-6(9)8(4-5)1-2-10/h5,10H,1-4,7H2. The fraction of sp³-hybridized carbons (Fsp3) is 0.833. The van der Waals surface area contributed by atoms with E-state index in [-0.39, 0.29) is 11.9 Å². The summed E-state index contributed by atoms with van der Waals surface area (Å²) in [6, 6.07) is 0.0485. The molecule has 58 valence electrons. The lowest BCUT2D eigenvalue weighted by Crippen LogP contribution is -2.29. The van der Waals surface area contributed by atoms with Gasteiger partial charge in [-0.05, 0) is 0 Å². The molecule has 1 atom stereocenters. The number of amides is 1. The average Bonchev–Trinajstić information content (AvgIpc) is 2.13. The molecule has 1 heterocycles. The molecule has 0 aliphatic carbocycles. The summed E-state index contributed by atoms with van der Waals surface area (Å²) in [5.41, 5.74) is 5.56. The van der Waals surface area contributed by atoms with Crippen molar-refractivity contribution in [2.45, 2.75) is 12.5 Å². The van der Waals surface area contributed by atoms with Crippen molar-refractivity contribution >= 4 is 18.5 Å². The number of nitrogens with two attached hydrogens (primary N) is 1. The third-order valence-corrected chi connectivity index (χ3v) is 1.81. The first-order chi connectivity index (χ1) is 4.74. The maximum absolute atomic E-state index is 11.0. The van der Waals surface area contributed by atoms with E-state index in [9.17, 15) is 4.79 Å². The van der Waals surface area contributed by atoms with E-state index in [0.717, 1.165) is 12.3 Å². The number of carbonyl (C=O) groups excluding carboxylic acids is 1. The molecule has 0 aromatic heterocycles. The molecular weight excluding hydrogens is 148 g/mol. The van der Waals surface area contributed by atoms with Crippen molar-refractivity contribution in [1.82, 2.24) is 4.90 Å². The second-order valence-electron chi connectivity index (χ2n) is 2.53. The van der Waals surface area contributed by atoms with Gasteiger partial charge >= 0.3 is 0 Å². The largest absolute Gasteiger partial charge is 0.340 e. The maximum atomic E-state index is 11.0. The van der Waals surface area contributed by atoms with Crippen LogP contribution in [0.15, 0.2) is 0 Å². The second kappa shape index (κ2) is 3.25. The van der Waals surface area contributed by atoms with E-state index in [1.54, 1.807) is 4.90 Å². The van der Waals surface area contributed by atoms with Crippen LogP contribution in [0.1, 0.15) is 6.42 Å². The minimum atomic E-state index is 0.0485. The van der Waals surface area contributed by atoms with Crippen LogP contribution in [0.5, 0.6) is 0 Å². The quantitative estimate of drug-likeness (QED) is 0.534. The Labute approximate surface area is 66.0 Å². The van der Waals surface area contributed by atoms with E-state index in [1.165, 1.54) is 0 Å². The summed E-state index contributed by atoms with van der Waals surface area (Å²) in [5.74, 6) is 0.889. The molecule has 0 saturated carbocycles. The van der Waals surface area contributed by atoms with Crippen molar-refractivity contribution in [1.29, 1.82) is 0 Å². The molecule has 2 N–H and O–H groups in total. The van der Waals surface area contributed by atoms with Crippen molar-refractivity contribution in [3.63, 3.8) is 0 Å². The number of rotatable bonds is 2.